The normalized spacial score (nSPS) is 11.6. The second-order valence-corrected chi connectivity index (χ2v) is 3.41. The van der Waals surface area contributed by atoms with Crippen molar-refractivity contribution in [2.45, 2.75) is 25.7 Å². The highest BCUT2D eigenvalue weighted by molar-refractivity contribution is 5.21. The molecule has 0 bridgehead atoms. The molecule has 0 aliphatic rings. The van der Waals surface area contributed by atoms with Crippen molar-refractivity contribution in [1.29, 1.82) is 0 Å². The van der Waals surface area contributed by atoms with Gasteiger partial charge in [0.25, 0.3) is 5.95 Å². The molecule has 16 heavy (non-hydrogen) atoms. The molecule has 2 N–H and O–H groups in total. The van der Waals surface area contributed by atoms with Crippen molar-refractivity contribution in [2.24, 2.45) is 0 Å². The summed E-state index contributed by atoms with van der Waals surface area (Å²) in [5.41, 5.74) is 0. The highest BCUT2D eigenvalue weighted by Crippen LogP contribution is 2.22. The van der Waals surface area contributed by atoms with Crippen LogP contribution in [0.15, 0.2) is 16.5 Å². The lowest BCUT2D eigenvalue weighted by atomic mass is 10.1. The molecule has 0 saturated carbocycles. The number of hydrogen-bond acceptors (Lipinski definition) is 4. The molecule has 0 radical (unpaired) electrons. The fourth-order valence-corrected chi connectivity index (χ4v) is 1.20. The number of aliphatic hydroxyl groups is 2. The van der Waals surface area contributed by atoms with E-state index in [1.54, 1.807) is 12.1 Å². The van der Waals surface area contributed by atoms with Crippen LogP contribution in [0, 0.1) is 12.0 Å². The average molecular weight is 224 g/mol. The summed E-state index contributed by atoms with van der Waals surface area (Å²) in [6.07, 6.45) is 3.37. The third kappa shape index (κ3) is 3.87. The molecule has 1 aromatic heterocycles. The highest BCUT2D eigenvalue weighted by atomic mass is 16.6. The second-order valence-electron chi connectivity index (χ2n) is 3.41. The molecule has 1 heterocycles. The number of furan rings is 1. The first-order valence-corrected chi connectivity index (χ1v) is 5.26. The van der Waals surface area contributed by atoms with Gasteiger partial charge in [-0.3, -0.25) is 0 Å². The number of unbranched alkanes of at least 4 members (excludes halogenated alkanes) is 1. The van der Waals surface area contributed by atoms with Gasteiger partial charge in [0.05, 0.1) is 12.5 Å². The molecule has 1 aromatic rings. The molecular weight excluding hydrogens is 208 g/mol. The van der Waals surface area contributed by atoms with Crippen molar-refractivity contribution in [3.05, 3.63) is 17.9 Å². The van der Waals surface area contributed by atoms with Crippen molar-refractivity contribution in [2.75, 3.05) is 13.2 Å². The van der Waals surface area contributed by atoms with Crippen LogP contribution in [-0.2, 0) is 0 Å². The molecule has 0 saturated heterocycles. The molecule has 0 aromatic carbocycles. The van der Waals surface area contributed by atoms with E-state index in [0.717, 1.165) is 12.8 Å². The molecule has 0 fully saturated rings. The standard InChI is InChI=1S/C12H16O4/c1-10(6-8-14)11-4-5-12(16-11)15-9-3-2-7-13/h4-5,10,13-14H,2-3,7,9H2,1H3. The zero-order chi connectivity index (χ0) is 11.8. The largest absolute Gasteiger partial charge is 0.465 e. The lowest BCUT2D eigenvalue weighted by Crippen LogP contribution is -1.97. The van der Waals surface area contributed by atoms with E-state index in [1.807, 2.05) is 13.0 Å². The van der Waals surface area contributed by atoms with Crippen molar-refractivity contribution in [3.8, 4) is 18.0 Å². The van der Waals surface area contributed by atoms with Crippen LogP contribution in [0.25, 0.3) is 0 Å². The molecule has 1 unspecified atom stereocenters. The molecule has 88 valence electrons. The number of hydrogen-bond donors (Lipinski definition) is 2. The molecule has 4 heteroatoms. The summed E-state index contributed by atoms with van der Waals surface area (Å²) in [4.78, 5) is 0. The van der Waals surface area contributed by atoms with Gasteiger partial charge in [-0.25, -0.2) is 0 Å². The highest BCUT2D eigenvalue weighted by Gasteiger charge is 2.08. The molecule has 0 aliphatic carbocycles. The van der Waals surface area contributed by atoms with Crippen LogP contribution in [0.1, 0.15) is 31.4 Å². The Morgan fingerprint density at radius 3 is 2.94 bits per heavy atom. The van der Waals surface area contributed by atoms with Crippen LogP contribution < -0.4 is 4.74 Å². The number of ether oxygens (including phenoxy) is 1. The topological polar surface area (TPSA) is 62.8 Å². The second kappa shape index (κ2) is 6.81. The zero-order valence-corrected chi connectivity index (χ0v) is 9.27. The Morgan fingerprint density at radius 1 is 1.44 bits per heavy atom. The van der Waals surface area contributed by atoms with Crippen LogP contribution >= 0.6 is 0 Å². The van der Waals surface area contributed by atoms with E-state index >= 15 is 0 Å². The Bertz CT molecular complexity index is 359. The fourth-order valence-electron chi connectivity index (χ4n) is 1.20. The van der Waals surface area contributed by atoms with Crippen LogP contribution in [-0.4, -0.2) is 23.4 Å². The van der Waals surface area contributed by atoms with Gasteiger partial charge >= 0.3 is 0 Å². The Balaban J connectivity index is 2.41. The molecule has 0 spiro atoms. The lowest BCUT2D eigenvalue weighted by Gasteiger charge is -2.02. The van der Waals surface area contributed by atoms with Crippen LogP contribution in [0.4, 0.5) is 0 Å². The Hall–Kier alpha value is -1.60. The molecule has 1 rings (SSSR count). The number of aliphatic hydroxyl groups excluding tert-OH is 2. The van der Waals surface area contributed by atoms with E-state index < -0.39 is 0 Å². The van der Waals surface area contributed by atoms with E-state index in [-0.39, 0.29) is 12.5 Å². The van der Waals surface area contributed by atoms with E-state index in [1.165, 1.54) is 0 Å². The van der Waals surface area contributed by atoms with Crippen molar-refractivity contribution in [3.63, 3.8) is 0 Å². The van der Waals surface area contributed by atoms with Gasteiger partial charge in [-0.05, 0) is 31.8 Å². The van der Waals surface area contributed by atoms with Gasteiger partial charge in [0, 0.05) is 12.7 Å². The summed E-state index contributed by atoms with van der Waals surface area (Å²) in [5, 5.41) is 17.0. The van der Waals surface area contributed by atoms with E-state index in [4.69, 9.17) is 19.4 Å². The van der Waals surface area contributed by atoms with Crippen molar-refractivity contribution >= 4 is 0 Å². The van der Waals surface area contributed by atoms with Gasteiger partial charge in [0.2, 0.25) is 0 Å². The summed E-state index contributed by atoms with van der Waals surface area (Å²) < 4.78 is 10.7. The third-order valence-corrected chi connectivity index (χ3v) is 2.11. The predicted octanol–water partition coefficient (Wildman–Crippen LogP) is 1.87. The molecular formula is C12H16O4. The molecule has 0 aliphatic heterocycles. The third-order valence-electron chi connectivity index (χ3n) is 2.11. The van der Waals surface area contributed by atoms with Gasteiger partial charge in [-0.15, -0.1) is 0 Å². The van der Waals surface area contributed by atoms with Crippen LogP contribution in [0.2, 0.25) is 0 Å². The molecule has 4 nitrogen and oxygen atoms in total. The van der Waals surface area contributed by atoms with Crippen LogP contribution in [0.3, 0.4) is 0 Å². The van der Waals surface area contributed by atoms with Crippen LogP contribution in [0.5, 0.6) is 5.95 Å². The summed E-state index contributed by atoms with van der Waals surface area (Å²) in [6, 6.07) is 3.50. The first kappa shape index (κ1) is 12.5. The van der Waals surface area contributed by atoms with E-state index in [9.17, 15) is 0 Å². The first-order valence-electron chi connectivity index (χ1n) is 5.26. The van der Waals surface area contributed by atoms with Gasteiger partial charge in [0.15, 0.2) is 0 Å². The SMILES string of the molecule is CC(C#CO)c1ccc(OCCCCO)o1. The quantitative estimate of drug-likeness (QED) is 0.572. The Kier molecular flexibility index (Phi) is 5.30. The minimum atomic E-state index is -0.153. The minimum absolute atomic E-state index is 0.153. The first-order chi connectivity index (χ1) is 7.77. The maximum atomic E-state index is 8.58. The maximum Gasteiger partial charge on any atom is 0.284 e. The maximum absolute atomic E-state index is 8.58. The molecule has 1 atom stereocenters. The van der Waals surface area contributed by atoms with E-state index in [0.29, 0.717) is 18.3 Å². The van der Waals surface area contributed by atoms with E-state index in [2.05, 4.69) is 5.92 Å². The van der Waals surface area contributed by atoms with Crippen molar-refractivity contribution < 1.29 is 19.4 Å². The minimum Gasteiger partial charge on any atom is -0.465 e. The lowest BCUT2D eigenvalue weighted by molar-refractivity contribution is 0.214. The zero-order valence-electron chi connectivity index (χ0n) is 9.27. The van der Waals surface area contributed by atoms with Gasteiger partial charge in [0.1, 0.15) is 11.9 Å². The average Bonchev–Trinajstić information content (AvgIpc) is 2.73. The monoisotopic (exact) mass is 224 g/mol. The summed E-state index contributed by atoms with van der Waals surface area (Å²) in [6.45, 7) is 2.53. The fraction of sp³-hybridized carbons (Fsp3) is 0.500. The van der Waals surface area contributed by atoms with Crippen molar-refractivity contribution in [1.82, 2.24) is 0 Å². The summed E-state index contributed by atoms with van der Waals surface area (Å²) in [5.74, 6) is 3.53. The number of rotatable bonds is 6. The predicted molar refractivity (Wildman–Crippen MR) is 58.6 cm³/mol. The summed E-state index contributed by atoms with van der Waals surface area (Å²) >= 11 is 0. The Labute approximate surface area is 94.8 Å². The van der Waals surface area contributed by atoms with Gasteiger partial charge in [-0.1, -0.05) is 0 Å². The molecule has 0 amide bonds. The van der Waals surface area contributed by atoms with Gasteiger partial charge < -0.3 is 19.4 Å². The summed E-state index contributed by atoms with van der Waals surface area (Å²) in [7, 11) is 0. The Morgan fingerprint density at radius 2 is 2.25 bits per heavy atom. The van der Waals surface area contributed by atoms with Gasteiger partial charge in [-0.2, -0.15) is 0 Å². The smallest absolute Gasteiger partial charge is 0.284 e.